The Morgan fingerprint density at radius 1 is 1.10 bits per heavy atom. The minimum absolute atomic E-state index is 0.0305. The largest absolute Gasteiger partial charge is 0.469 e. The van der Waals surface area contributed by atoms with Crippen LogP contribution in [0, 0.1) is 28.8 Å². The quantitative estimate of drug-likeness (QED) is 0.188. The maximum Gasteiger partial charge on any atom is 0.308 e. The fourth-order valence-electron chi connectivity index (χ4n) is 6.58. The van der Waals surface area contributed by atoms with Gasteiger partial charge in [0.15, 0.2) is 23.2 Å². The molecular formula is C39H41F3N4O3S. The first-order chi connectivity index (χ1) is 23.8. The number of nitrogens with one attached hydrogen (secondary N) is 1. The van der Waals surface area contributed by atoms with E-state index in [2.05, 4.69) is 31.8 Å². The fourth-order valence-corrected chi connectivity index (χ4v) is 7.52. The Kier molecular flexibility index (Phi) is 9.90. The fraction of sp³-hybridized carbons (Fsp3) is 0.359. The molecule has 0 amide bonds. The maximum absolute atomic E-state index is 15.5. The minimum Gasteiger partial charge on any atom is -0.469 e. The molecule has 50 heavy (non-hydrogen) atoms. The zero-order valence-electron chi connectivity index (χ0n) is 29.1. The van der Waals surface area contributed by atoms with E-state index in [4.69, 9.17) is 19.6 Å². The molecule has 3 aromatic carbocycles. The summed E-state index contributed by atoms with van der Waals surface area (Å²) in [6.07, 6.45) is 6.51. The Bertz CT molecular complexity index is 2090. The Balaban J connectivity index is 1.46. The van der Waals surface area contributed by atoms with Crippen molar-refractivity contribution < 1.29 is 27.4 Å². The summed E-state index contributed by atoms with van der Waals surface area (Å²) in [5.41, 5.74) is 2.10. The lowest BCUT2D eigenvalue weighted by molar-refractivity contribution is -0.144. The summed E-state index contributed by atoms with van der Waals surface area (Å²) >= 11 is 1.66. The molecule has 11 heteroatoms. The van der Waals surface area contributed by atoms with Crippen LogP contribution in [0.2, 0.25) is 0 Å². The summed E-state index contributed by atoms with van der Waals surface area (Å²) in [5, 5.41) is 7.28. The molecule has 2 atom stereocenters. The highest BCUT2D eigenvalue weighted by Crippen LogP contribution is 2.41. The number of nitrogens with zero attached hydrogens (tertiary/aromatic N) is 3. The van der Waals surface area contributed by atoms with Gasteiger partial charge >= 0.3 is 5.97 Å². The van der Waals surface area contributed by atoms with E-state index in [9.17, 15) is 4.79 Å². The number of benzene rings is 3. The summed E-state index contributed by atoms with van der Waals surface area (Å²) in [6, 6.07) is 13.6. The van der Waals surface area contributed by atoms with E-state index in [0.29, 0.717) is 29.6 Å². The van der Waals surface area contributed by atoms with Crippen LogP contribution >= 0.6 is 11.8 Å². The highest BCUT2D eigenvalue weighted by Gasteiger charge is 2.35. The topological polar surface area (TPSA) is 82.0 Å². The molecule has 3 heterocycles. The highest BCUT2D eigenvalue weighted by molar-refractivity contribution is 8.02. The van der Waals surface area contributed by atoms with Gasteiger partial charge in [-0.25, -0.2) is 18.4 Å². The van der Waals surface area contributed by atoms with E-state index < -0.39 is 22.9 Å². The van der Waals surface area contributed by atoms with Gasteiger partial charge < -0.3 is 14.5 Å². The summed E-state index contributed by atoms with van der Waals surface area (Å²) < 4.78 is 58.4. The van der Waals surface area contributed by atoms with Crippen LogP contribution in [0.25, 0.3) is 28.4 Å². The van der Waals surface area contributed by atoms with Gasteiger partial charge in [0.25, 0.3) is 0 Å². The van der Waals surface area contributed by atoms with E-state index in [-0.39, 0.29) is 45.7 Å². The number of fused-ring (bicyclic) bond motifs is 6. The Morgan fingerprint density at radius 3 is 2.68 bits per heavy atom. The van der Waals surface area contributed by atoms with Crippen molar-refractivity contribution in [1.82, 2.24) is 19.7 Å². The number of hydrogen-bond donors (Lipinski definition) is 1. The smallest absolute Gasteiger partial charge is 0.308 e. The average Bonchev–Trinajstić information content (AvgIpc) is 3.68. The van der Waals surface area contributed by atoms with Crippen LogP contribution in [0.1, 0.15) is 69.5 Å². The number of aryl methyl sites for hydroxylation is 1. The Labute approximate surface area is 294 Å². The standard InChI is InChI=1S/C39H41F3N4O3S/c1-23(36(47)48-6)17-24-9-7-10-26(18-24)39(4)15-8-14-38(2,3)22-50-16-13-25-21-43-34-28(25)20-31(32(41)33(34)42)49-27-11-12-30(40)29(19-27)35-44-37(39)45-46(35)5/h7,9-13,16,18-21,23,43H,8,14-15,17,22H2,1-6H3/b16-13+/t23-,39+/m0/s1. The van der Waals surface area contributed by atoms with Gasteiger partial charge in [-0.2, -0.15) is 9.49 Å². The number of esters is 1. The average molecular weight is 703 g/mol. The molecule has 0 radical (unpaired) electrons. The van der Waals surface area contributed by atoms with E-state index in [0.717, 1.165) is 29.7 Å². The van der Waals surface area contributed by atoms with Crippen molar-refractivity contribution in [1.29, 1.82) is 0 Å². The molecule has 0 fully saturated rings. The van der Waals surface area contributed by atoms with Crippen molar-refractivity contribution in [2.24, 2.45) is 18.4 Å². The van der Waals surface area contributed by atoms with Crippen LogP contribution in [0.3, 0.4) is 0 Å². The zero-order valence-corrected chi connectivity index (χ0v) is 29.9. The molecule has 262 valence electrons. The van der Waals surface area contributed by atoms with Crippen LogP contribution in [-0.4, -0.2) is 38.6 Å². The normalized spacial score (nSPS) is 19.1. The molecule has 0 aliphatic carbocycles. The van der Waals surface area contributed by atoms with Crippen molar-refractivity contribution in [3.63, 3.8) is 0 Å². The Morgan fingerprint density at radius 2 is 1.90 bits per heavy atom. The number of carbonyl (C=O) groups excluding carboxylic acids is 1. The van der Waals surface area contributed by atoms with Crippen LogP contribution in [-0.2, 0) is 28.4 Å². The molecule has 5 aromatic rings. The van der Waals surface area contributed by atoms with Crippen LogP contribution in [0.5, 0.6) is 11.5 Å². The highest BCUT2D eigenvalue weighted by atomic mass is 32.2. The number of aromatic nitrogens is 4. The molecule has 0 spiro atoms. The van der Waals surface area contributed by atoms with Gasteiger partial charge in [0.05, 0.1) is 29.5 Å². The van der Waals surface area contributed by atoms with Crippen molar-refractivity contribution in [2.75, 3.05) is 12.9 Å². The second-order valence-electron chi connectivity index (χ2n) is 14.1. The number of carbonyl (C=O) groups is 1. The summed E-state index contributed by atoms with van der Waals surface area (Å²) in [4.78, 5) is 20.0. The van der Waals surface area contributed by atoms with Gasteiger partial charge in [-0.15, -0.1) is 11.8 Å². The molecule has 7 nitrogen and oxygen atoms in total. The van der Waals surface area contributed by atoms with Gasteiger partial charge in [-0.05, 0) is 78.5 Å². The van der Waals surface area contributed by atoms with Crippen LogP contribution in [0.4, 0.5) is 13.2 Å². The number of methoxy groups -OCH3 is 1. The zero-order chi connectivity index (χ0) is 35.8. The molecule has 0 saturated carbocycles. The third-order valence-corrected chi connectivity index (χ3v) is 10.9. The molecule has 6 bridgehead atoms. The molecule has 1 N–H and O–H groups in total. The number of H-pyrrole nitrogens is 1. The van der Waals surface area contributed by atoms with Crippen molar-refractivity contribution in [2.45, 2.75) is 58.8 Å². The molecule has 6 rings (SSSR count). The number of aromatic amines is 1. The van der Waals surface area contributed by atoms with Crippen molar-refractivity contribution in [3.8, 4) is 22.9 Å². The molecule has 2 aromatic heterocycles. The predicted octanol–water partition coefficient (Wildman–Crippen LogP) is 9.74. The van der Waals surface area contributed by atoms with Gasteiger partial charge in [-0.1, -0.05) is 51.5 Å². The predicted molar refractivity (Wildman–Crippen MR) is 192 cm³/mol. The SMILES string of the molecule is COC(=O)[C@@H](C)Cc1cccc([C@@]2(C)CCCC(C)(C)CS/C=C/c3c[nH]c4c(F)c(F)c(cc34)Oc3ccc(F)c(c3)-c3nc2nn3C)c1. The van der Waals surface area contributed by atoms with E-state index in [1.54, 1.807) is 25.0 Å². The number of rotatable bonds is 4. The number of ether oxygens (including phenoxy) is 2. The van der Waals surface area contributed by atoms with Gasteiger partial charge in [0.1, 0.15) is 11.6 Å². The lowest BCUT2D eigenvalue weighted by Gasteiger charge is -2.30. The molecular weight excluding hydrogens is 662 g/mol. The third-order valence-electron chi connectivity index (χ3n) is 9.58. The van der Waals surface area contributed by atoms with Crippen LogP contribution < -0.4 is 4.74 Å². The lowest BCUT2D eigenvalue weighted by Crippen LogP contribution is -2.27. The van der Waals surface area contributed by atoms with Gasteiger partial charge in [0, 0.05) is 29.9 Å². The van der Waals surface area contributed by atoms with Gasteiger partial charge in [-0.3, -0.25) is 4.79 Å². The van der Waals surface area contributed by atoms with E-state index >= 15 is 13.2 Å². The first-order valence-corrected chi connectivity index (χ1v) is 17.7. The Hall–Kier alpha value is -4.51. The summed E-state index contributed by atoms with van der Waals surface area (Å²) in [6.45, 7) is 8.40. The third kappa shape index (κ3) is 7.06. The molecule has 0 saturated heterocycles. The first-order valence-electron chi connectivity index (χ1n) is 16.6. The molecule has 1 aliphatic rings. The van der Waals surface area contributed by atoms with Crippen molar-refractivity contribution in [3.05, 3.63) is 100 Å². The second kappa shape index (κ2) is 14.0. The summed E-state index contributed by atoms with van der Waals surface area (Å²) in [5.74, 6) is -1.97. The molecule has 0 unspecified atom stereocenters. The maximum atomic E-state index is 15.5. The minimum atomic E-state index is -1.15. The number of thioether (sulfide) groups is 1. The van der Waals surface area contributed by atoms with Crippen molar-refractivity contribution >= 4 is 34.7 Å². The van der Waals surface area contributed by atoms with Crippen LogP contribution in [0.15, 0.2) is 60.1 Å². The van der Waals surface area contributed by atoms with E-state index in [1.165, 1.54) is 36.1 Å². The monoisotopic (exact) mass is 702 g/mol. The first kappa shape index (κ1) is 35.3. The molecule has 1 aliphatic heterocycles. The lowest BCUT2D eigenvalue weighted by atomic mass is 9.75. The second-order valence-corrected chi connectivity index (χ2v) is 15.0. The summed E-state index contributed by atoms with van der Waals surface area (Å²) in [7, 11) is 3.09. The number of halogens is 3. The van der Waals surface area contributed by atoms with E-state index in [1.807, 2.05) is 36.6 Å². The van der Waals surface area contributed by atoms with Gasteiger partial charge in [0.2, 0.25) is 5.82 Å². The number of hydrogen-bond acceptors (Lipinski definition) is 6.